The molecule has 0 fully saturated rings. The second kappa shape index (κ2) is 9.00. The minimum absolute atomic E-state index is 0.162. The van der Waals surface area contributed by atoms with E-state index in [1.54, 1.807) is 0 Å². The molecule has 0 spiro atoms. The number of nitrogens with zero attached hydrogens (tertiary/aromatic N) is 1. The van der Waals surface area contributed by atoms with Crippen LogP contribution in [0.4, 0.5) is 0 Å². The normalized spacial score (nSPS) is 9.42. The number of hydrogen-bond acceptors (Lipinski definition) is 5. The third-order valence-electron chi connectivity index (χ3n) is 2.02. The number of amides is 1. The molecule has 0 heterocycles. The highest BCUT2D eigenvalue weighted by Crippen LogP contribution is 2.16. The Morgan fingerprint density at radius 2 is 2.05 bits per heavy atom. The molecule has 0 aliphatic rings. The van der Waals surface area contributed by atoms with Gasteiger partial charge in [-0.15, -0.1) is 11.8 Å². The number of esters is 1. The van der Waals surface area contributed by atoms with Crippen molar-refractivity contribution >= 4 is 23.6 Å². The lowest BCUT2D eigenvalue weighted by atomic mass is 10.4. The Balaban J connectivity index is 2.14. The number of thioether (sulfide) groups is 1. The highest BCUT2D eigenvalue weighted by Gasteiger charge is 2.07. The number of rotatable bonds is 7. The molecular weight excluding hydrogens is 264 g/mol. The summed E-state index contributed by atoms with van der Waals surface area (Å²) in [5, 5.41) is 10.8. The van der Waals surface area contributed by atoms with Crippen molar-refractivity contribution in [2.75, 3.05) is 18.9 Å². The highest BCUT2D eigenvalue weighted by atomic mass is 32.2. The number of nitriles is 1. The van der Waals surface area contributed by atoms with Gasteiger partial charge in [0.15, 0.2) is 6.61 Å². The van der Waals surface area contributed by atoms with Gasteiger partial charge in [-0.25, -0.2) is 0 Å². The molecule has 5 nitrogen and oxygen atoms in total. The highest BCUT2D eigenvalue weighted by molar-refractivity contribution is 8.00. The number of ether oxygens (including phenoxy) is 1. The molecule has 6 heteroatoms. The summed E-state index contributed by atoms with van der Waals surface area (Å²) in [5.41, 5.74) is 0. The standard InChI is InChI=1S/C13H14N2O3S/c14-7-4-8-15-12(16)9-18-13(17)10-19-11-5-2-1-3-6-11/h1-3,5-6H,4,8-10H2,(H,15,16). The molecule has 0 radical (unpaired) electrons. The van der Waals surface area contributed by atoms with E-state index in [-0.39, 0.29) is 25.3 Å². The van der Waals surface area contributed by atoms with Gasteiger partial charge in [0.25, 0.3) is 5.91 Å². The molecule has 0 atom stereocenters. The molecular formula is C13H14N2O3S. The number of carbonyl (C=O) groups is 2. The molecule has 1 N–H and O–H groups in total. The molecule has 1 amide bonds. The van der Waals surface area contributed by atoms with E-state index in [1.807, 2.05) is 36.4 Å². The second-order valence-electron chi connectivity index (χ2n) is 3.52. The van der Waals surface area contributed by atoms with Gasteiger partial charge in [-0.05, 0) is 12.1 Å². The molecule has 0 aliphatic carbocycles. The summed E-state index contributed by atoms with van der Waals surface area (Å²) in [6.07, 6.45) is 0.240. The molecule has 19 heavy (non-hydrogen) atoms. The number of nitrogens with one attached hydrogen (secondary N) is 1. The minimum atomic E-state index is -0.440. The largest absolute Gasteiger partial charge is 0.455 e. The average molecular weight is 278 g/mol. The summed E-state index contributed by atoms with van der Waals surface area (Å²) >= 11 is 1.35. The SMILES string of the molecule is N#CCCNC(=O)COC(=O)CSc1ccccc1. The van der Waals surface area contributed by atoms with Gasteiger partial charge in [0.05, 0.1) is 18.2 Å². The minimum Gasteiger partial charge on any atom is -0.455 e. The van der Waals surface area contributed by atoms with Crippen LogP contribution in [-0.2, 0) is 14.3 Å². The van der Waals surface area contributed by atoms with E-state index in [0.29, 0.717) is 0 Å². The van der Waals surface area contributed by atoms with Gasteiger partial charge in [-0.2, -0.15) is 5.26 Å². The Morgan fingerprint density at radius 3 is 2.74 bits per heavy atom. The van der Waals surface area contributed by atoms with E-state index in [1.165, 1.54) is 11.8 Å². The zero-order chi connectivity index (χ0) is 13.9. The maximum Gasteiger partial charge on any atom is 0.316 e. The van der Waals surface area contributed by atoms with Gasteiger partial charge >= 0.3 is 5.97 Å². The number of hydrogen-bond donors (Lipinski definition) is 1. The van der Waals surface area contributed by atoms with Crippen molar-refractivity contribution in [3.05, 3.63) is 30.3 Å². The van der Waals surface area contributed by atoms with Crippen LogP contribution in [0.5, 0.6) is 0 Å². The quantitative estimate of drug-likeness (QED) is 0.463. The number of benzene rings is 1. The van der Waals surface area contributed by atoms with Crippen LogP contribution < -0.4 is 5.32 Å². The van der Waals surface area contributed by atoms with Crippen molar-refractivity contribution in [1.29, 1.82) is 5.26 Å². The second-order valence-corrected chi connectivity index (χ2v) is 4.57. The summed E-state index contributed by atoms with van der Waals surface area (Å²) in [6, 6.07) is 11.4. The smallest absolute Gasteiger partial charge is 0.316 e. The summed E-state index contributed by atoms with van der Waals surface area (Å²) < 4.78 is 4.80. The fourth-order valence-corrected chi connectivity index (χ4v) is 1.87. The van der Waals surface area contributed by atoms with Gasteiger partial charge in [0.1, 0.15) is 0 Å². The Hall–Kier alpha value is -2.00. The van der Waals surface area contributed by atoms with Crippen LogP contribution in [0.1, 0.15) is 6.42 Å². The van der Waals surface area contributed by atoms with Crippen LogP contribution in [0.2, 0.25) is 0 Å². The Morgan fingerprint density at radius 1 is 1.32 bits per heavy atom. The van der Waals surface area contributed by atoms with Gasteiger partial charge in [-0.3, -0.25) is 9.59 Å². The lowest BCUT2D eigenvalue weighted by Crippen LogP contribution is -2.29. The molecule has 0 aliphatic heterocycles. The molecule has 0 saturated carbocycles. The first-order valence-electron chi connectivity index (χ1n) is 5.69. The topological polar surface area (TPSA) is 79.2 Å². The van der Waals surface area contributed by atoms with Crippen LogP contribution >= 0.6 is 11.8 Å². The first-order chi connectivity index (χ1) is 9.22. The summed E-state index contributed by atoms with van der Waals surface area (Å²) in [7, 11) is 0. The Kier molecular flexibility index (Phi) is 7.13. The van der Waals surface area contributed by atoms with Crippen molar-refractivity contribution < 1.29 is 14.3 Å². The molecule has 1 aromatic rings. The van der Waals surface area contributed by atoms with E-state index < -0.39 is 11.9 Å². The van der Waals surface area contributed by atoms with E-state index >= 15 is 0 Å². The van der Waals surface area contributed by atoms with Crippen molar-refractivity contribution in [2.45, 2.75) is 11.3 Å². The van der Waals surface area contributed by atoms with E-state index in [9.17, 15) is 9.59 Å². The lowest BCUT2D eigenvalue weighted by Gasteiger charge is -2.05. The van der Waals surface area contributed by atoms with Crippen LogP contribution in [0.25, 0.3) is 0 Å². The molecule has 100 valence electrons. The zero-order valence-corrected chi connectivity index (χ0v) is 11.1. The lowest BCUT2D eigenvalue weighted by molar-refractivity contribution is -0.145. The van der Waals surface area contributed by atoms with E-state index in [2.05, 4.69) is 5.32 Å². The van der Waals surface area contributed by atoms with Crippen molar-refractivity contribution in [3.8, 4) is 6.07 Å². The third-order valence-corrected chi connectivity index (χ3v) is 3.01. The fourth-order valence-electron chi connectivity index (χ4n) is 1.16. The predicted molar refractivity (Wildman–Crippen MR) is 71.4 cm³/mol. The molecule has 0 bridgehead atoms. The molecule has 0 aromatic heterocycles. The summed E-state index contributed by atoms with van der Waals surface area (Å²) in [5.74, 6) is -0.673. The van der Waals surface area contributed by atoms with Gasteiger partial charge in [0, 0.05) is 11.4 Å². The van der Waals surface area contributed by atoms with Crippen LogP contribution in [-0.4, -0.2) is 30.8 Å². The van der Waals surface area contributed by atoms with E-state index in [0.717, 1.165) is 4.90 Å². The van der Waals surface area contributed by atoms with Crippen molar-refractivity contribution in [2.24, 2.45) is 0 Å². The molecule has 0 unspecified atom stereocenters. The average Bonchev–Trinajstić information content (AvgIpc) is 2.44. The molecule has 0 saturated heterocycles. The molecule has 1 rings (SSSR count). The summed E-state index contributed by atoms with van der Waals surface area (Å²) in [4.78, 5) is 23.5. The molecule has 1 aromatic carbocycles. The van der Waals surface area contributed by atoms with Crippen LogP contribution in [0.3, 0.4) is 0 Å². The monoisotopic (exact) mass is 278 g/mol. The maximum atomic E-state index is 11.4. The van der Waals surface area contributed by atoms with Crippen LogP contribution in [0, 0.1) is 11.3 Å². The zero-order valence-electron chi connectivity index (χ0n) is 10.3. The maximum absolute atomic E-state index is 11.4. The third kappa shape index (κ3) is 7.11. The van der Waals surface area contributed by atoms with Crippen LogP contribution in [0.15, 0.2) is 35.2 Å². The predicted octanol–water partition coefficient (Wildman–Crippen LogP) is 1.35. The van der Waals surface area contributed by atoms with Gasteiger partial charge in [0.2, 0.25) is 0 Å². The van der Waals surface area contributed by atoms with Crippen molar-refractivity contribution in [3.63, 3.8) is 0 Å². The summed E-state index contributed by atoms with van der Waals surface area (Å²) in [6.45, 7) is -0.0364. The van der Waals surface area contributed by atoms with Gasteiger partial charge in [-0.1, -0.05) is 18.2 Å². The van der Waals surface area contributed by atoms with Crippen molar-refractivity contribution in [1.82, 2.24) is 5.32 Å². The first kappa shape index (κ1) is 15.1. The Bertz CT molecular complexity index is 457. The number of carbonyl (C=O) groups excluding carboxylic acids is 2. The first-order valence-corrected chi connectivity index (χ1v) is 6.68. The van der Waals surface area contributed by atoms with E-state index in [4.69, 9.17) is 10.00 Å². The Labute approximate surface area is 115 Å². The fraction of sp³-hybridized carbons (Fsp3) is 0.308. The van der Waals surface area contributed by atoms with Gasteiger partial charge < -0.3 is 10.1 Å².